The van der Waals surface area contributed by atoms with Gasteiger partial charge < -0.3 is 5.32 Å². The van der Waals surface area contributed by atoms with Gasteiger partial charge in [-0.25, -0.2) is 0 Å². The first kappa shape index (κ1) is 16.5. The molecule has 0 aliphatic heterocycles. The molecular formula is C20H33N. The van der Waals surface area contributed by atoms with Crippen molar-refractivity contribution in [2.45, 2.75) is 78.2 Å². The molecule has 1 unspecified atom stereocenters. The number of aryl methyl sites for hydroxylation is 2. The molecule has 0 radical (unpaired) electrons. The van der Waals surface area contributed by atoms with Crippen LogP contribution in [-0.4, -0.2) is 13.1 Å². The van der Waals surface area contributed by atoms with Crippen LogP contribution in [0.1, 0.15) is 68.7 Å². The summed E-state index contributed by atoms with van der Waals surface area (Å²) >= 11 is 0. The van der Waals surface area contributed by atoms with Gasteiger partial charge in [-0.15, -0.1) is 0 Å². The summed E-state index contributed by atoms with van der Waals surface area (Å²) in [5.41, 5.74) is 6.19. The van der Waals surface area contributed by atoms with Crippen LogP contribution >= 0.6 is 0 Å². The number of hydrogen-bond donors (Lipinski definition) is 1. The van der Waals surface area contributed by atoms with Gasteiger partial charge >= 0.3 is 0 Å². The van der Waals surface area contributed by atoms with E-state index >= 15 is 0 Å². The molecular weight excluding hydrogens is 254 g/mol. The Morgan fingerprint density at radius 2 is 1.71 bits per heavy atom. The van der Waals surface area contributed by atoms with Gasteiger partial charge in [0, 0.05) is 6.04 Å². The zero-order valence-corrected chi connectivity index (χ0v) is 14.8. The van der Waals surface area contributed by atoms with E-state index in [-0.39, 0.29) is 5.41 Å². The lowest BCUT2D eigenvalue weighted by Crippen LogP contribution is -2.32. The average Bonchev–Trinajstić information content (AvgIpc) is 2.33. The molecule has 2 rings (SSSR count). The smallest absolute Gasteiger partial charge is 0.0107 e. The molecule has 0 saturated heterocycles. The summed E-state index contributed by atoms with van der Waals surface area (Å²) in [5.74, 6) is 0.969. The lowest BCUT2D eigenvalue weighted by Gasteiger charge is -2.30. The summed E-state index contributed by atoms with van der Waals surface area (Å²) in [6, 6.07) is 5.43. The van der Waals surface area contributed by atoms with Crippen LogP contribution in [0.25, 0.3) is 0 Å². The van der Waals surface area contributed by atoms with Crippen LogP contribution in [0.2, 0.25) is 0 Å². The maximum atomic E-state index is 3.55. The average molecular weight is 287 g/mol. The number of hydrogen-bond acceptors (Lipinski definition) is 1. The highest BCUT2D eigenvalue weighted by molar-refractivity contribution is 5.41. The van der Waals surface area contributed by atoms with Crippen LogP contribution in [0.3, 0.4) is 0 Å². The molecule has 0 bridgehead atoms. The zero-order chi connectivity index (χ0) is 15.6. The first-order valence-electron chi connectivity index (χ1n) is 8.59. The molecule has 1 aromatic rings. The van der Waals surface area contributed by atoms with E-state index in [0.717, 1.165) is 5.92 Å². The van der Waals surface area contributed by atoms with Gasteiger partial charge in [0.05, 0.1) is 0 Å². The molecule has 0 amide bonds. The van der Waals surface area contributed by atoms with Gasteiger partial charge in [-0.05, 0) is 67.3 Å². The molecule has 1 aliphatic rings. The number of likely N-dealkylation sites (N-methyl/N-ethyl adjacent to an activating group) is 1. The molecule has 0 spiro atoms. The molecule has 21 heavy (non-hydrogen) atoms. The van der Waals surface area contributed by atoms with Crippen LogP contribution in [-0.2, 0) is 11.8 Å². The van der Waals surface area contributed by atoms with E-state index in [0.29, 0.717) is 6.04 Å². The highest BCUT2D eigenvalue weighted by Crippen LogP contribution is 2.32. The Labute approximate surface area is 131 Å². The third-order valence-corrected chi connectivity index (χ3v) is 5.26. The normalized spacial score (nSPS) is 17.6. The van der Waals surface area contributed by atoms with Gasteiger partial charge in [0.2, 0.25) is 0 Å². The topological polar surface area (TPSA) is 12.0 Å². The highest BCUT2D eigenvalue weighted by atomic mass is 14.9. The van der Waals surface area contributed by atoms with Crippen LogP contribution in [0.5, 0.6) is 0 Å². The Kier molecular flexibility index (Phi) is 5.14. The van der Waals surface area contributed by atoms with Crippen LogP contribution in [0, 0.1) is 19.8 Å². The Balaban J connectivity index is 2.15. The monoisotopic (exact) mass is 287 g/mol. The van der Waals surface area contributed by atoms with Crippen molar-refractivity contribution in [1.82, 2.24) is 5.32 Å². The molecule has 1 fully saturated rings. The first-order chi connectivity index (χ1) is 9.81. The second kappa shape index (κ2) is 6.52. The summed E-state index contributed by atoms with van der Waals surface area (Å²) in [5, 5.41) is 3.55. The van der Waals surface area contributed by atoms with Crippen molar-refractivity contribution in [3.63, 3.8) is 0 Å². The quantitative estimate of drug-likeness (QED) is 0.810. The molecule has 1 aromatic carbocycles. The van der Waals surface area contributed by atoms with E-state index < -0.39 is 0 Å². The third-order valence-electron chi connectivity index (χ3n) is 5.26. The van der Waals surface area contributed by atoms with E-state index in [4.69, 9.17) is 0 Å². The Morgan fingerprint density at radius 1 is 1.14 bits per heavy atom. The standard InChI is InChI=1S/C20H33N/c1-14-10-17(20(3,4)5)11-15(2)19(14)13-18(21-6)12-16-8-7-9-16/h10-11,16,18,21H,7-9,12-13H2,1-6H3. The van der Waals surface area contributed by atoms with Gasteiger partial charge in [0.25, 0.3) is 0 Å². The minimum atomic E-state index is 0.238. The number of benzene rings is 1. The Morgan fingerprint density at radius 3 is 2.10 bits per heavy atom. The zero-order valence-electron chi connectivity index (χ0n) is 14.8. The largest absolute Gasteiger partial charge is 0.317 e. The lowest BCUT2D eigenvalue weighted by molar-refractivity contribution is 0.263. The van der Waals surface area contributed by atoms with E-state index in [2.05, 4.69) is 59.1 Å². The molecule has 1 heteroatoms. The molecule has 0 aromatic heterocycles. The van der Waals surface area contributed by atoms with Crippen molar-refractivity contribution < 1.29 is 0 Å². The molecule has 1 atom stereocenters. The molecule has 0 heterocycles. The SMILES string of the molecule is CNC(Cc1c(C)cc(C(C)(C)C)cc1C)CC1CCC1. The Bertz CT molecular complexity index is 454. The summed E-state index contributed by atoms with van der Waals surface area (Å²) in [7, 11) is 2.12. The minimum Gasteiger partial charge on any atom is -0.317 e. The fourth-order valence-electron chi connectivity index (χ4n) is 3.43. The fourth-order valence-corrected chi connectivity index (χ4v) is 3.43. The van der Waals surface area contributed by atoms with E-state index in [1.807, 2.05) is 0 Å². The van der Waals surface area contributed by atoms with Crippen molar-refractivity contribution in [1.29, 1.82) is 0 Å². The number of rotatable bonds is 5. The lowest BCUT2D eigenvalue weighted by atomic mass is 9.78. The second-order valence-electron chi connectivity index (χ2n) is 8.06. The van der Waals surface area contributed by atoms with Gasteiger partial charge in [-0.1, -0.05) is 52.2 Å². The molecule has 118 valence electrons. The number of nitrogens with one attached hydrogen (secondary N) is 1. The van der Waals surface area contributed by atoms with Crippen molar-refractivity contribution in [2.75, 3.05) is 7.05 Å². The van der Waals surface area contributed by atoms with Crippen LogP contribution in [0.4, 0.5) is 0 Å². The minimum absolute atomic E-state index is 0.238. The first-order valence-corrected chi connectivity index (χ1v) is 8.59. The maximum absolute atomic E-state index is 3.55. The van der Waals surface area contributed by atoms with Crippen LogP contribution < -0.4 is 5.32 Å². The molecule has 1 saturated carbocycles. The van der Waals surface area contributed by atoms with Gasteiger partial charge in [0.1, 0.15) is 0 Å². The Hall–Kier alpha value is -0.820. The van der Waals surface area contributed by atoms with Gasteiger partial charge in [-0.3, -0.25) is 0 Å². The predicted octanol–water partition coefficient (Wildman–Crippen LogP) is 4.92. The van der Waals surface area contributed by atoms with E-state index in [1.165, 1.54) is 48.8 Å². The summed E-state index contributed by atoms with van der Waals surface area (Å²) in [6.45, 7) is 11.5. The maximum Gasteiger partial charge on any atom is 0.0107 e. The molecule has 1 N–H and O–H groups in total. The summed E-state index contributed by atoms with van der Waals surface area (Å²) in [6.07, 6.45) is 6.85. The molecule has 1 aliphatic carbocycles. The van der Waals surface area contributed by atoms with Gasteiger partial charge in [0.15, 0.2) is 0 Å². The predicted molar refractivity (Wildman–Crippen MR) is 93.1 cm³/mol. The van der Waals surface area contributed by atoms with Crippen molar-refractivity contribution >= 4 is 0 Å². The van der Waals surface area contributed by atoms with E-state index in [9.17, 15) is 0 Å². The molecule has 1 nitrogen and oxygen atoms in total. The van der Waals surface area contributed by atoms with Gasteiger partial charge in [-0.2, -0.15) is 0 Å². The van der Waals surface area contributed by atoms with E-state index in [1.54, 1.807) is 5.56 Å². The second-order valence-corrected chi connectivity index (χ2v) is 8.06. The third kappa shape index (κ3) is 4.10. The summed E-state index contributed by atoms with van der Waals surface area (Å²) in [4.78, 5) is 0. The van der Waals surface area contributed by atoms with Crippen molar-refractivity contribution in [3.05, 3.63) is 34.4 Å². The fraction of sp³-hybridized carbons (Fsp3) is 0.700. The van der Waals surface area contributed by atoms with Crippen molar-refractivity contribution in [2.24, 2.45) is 5.92 Å². The van der Waals surface area contributed by atoms with Crippen molar-refractivity contribution in [3.8, 4) is 0 Å². The highest BCUT2D eigenvalue weighted by Gasteiger charge is 2.23. The van der Waals surface area contributed by atoms with Crippen LogP contribution in [0.15, 0.2) is 12.1 Å². The summed E-state index contributed by atoms with van der Waals surface area (Å²) < 4.78 is 0.